The average Bonchev–Trinajstić information content (AvgIpc) is 3.35. The fraction of sp³-hybridized carbons (Fsp3) is 0.318. The van der Waals surface area contributed by atoms with Crippen LogP contribution in [0.5, 0.6) is 0 Å². The number of rotatable bonds is 5. The van der Waals surface area contributed by atoms with Crippen LogP contribution >= 0.6 is 11.3 Å². The van der Waals surface area contributed by atoms with Crippen molar-refractivity contribution >= 4 is 17.2 Å². The summed E-state index contributed by atoms with van der Waals surface area (Å²) < 4.78 is 0. The van der Waals surface area contributed by atoms with Gasteiger partial charge in [-0.1, -0.05) is 49.2 Å². The minimum absolute atomic E-state index is 0.0330. The second-order valence-electron chi connectivity index (χ2n) is 7.18. The maximum absolute atomic E-state index is 12.9. The molecule has 2 heterocycles. The van der Waals surface area contributed by atoms with Crippen LogP contribution < -0.4 is 5.32 Å². The summed E-state index contributed by atoms with van der Waals surface area (Å²) >= 11 is 1.41. The average molecular weight is 378 g/mol. The van der Waals surface area contributed by atoms with Crippen LogP contribution in [-0.2, 0) is 5.41 Å². The minimum Gasteiger partial charge on any atom is -0.350 e. The van der Waals surface area contributed by atoms with Crippen molar-refractivity contribution in [3.05, 3.63) is 70.9 Å². The first-order valence-corrected chi connectivity index (χ1v) is 10.2. The molecule has 0 unspecified atom stereocenters. The summed E-state index contributed by atoms with van der Waals surface area (Å²) in [4.78, 5) is 22.4. The van der Waals surface area contributed by atoms with Gasteiger partial charge in [0, 0.05) is 18.2 Å². The third-order valence-electron chi connectivity index (χ3n) is 5.42. The van der Waals surface area contributed by atoms with Gasteiger partial charge in [-0.05, 0) is 37.5 Å². The Balaban J connectivity index is 1.52. The number of nitrogens with one attached hydrogen (secondary N) is 1. The molecule has 2 aromatic heterocycles. The molecule has 1 aliphatic carbocycles. The molecule has 4 nitrogen and oxygen atoms in total. The molecule has 0 bridgehead atoms. The van der Waals surface area contributed by atoms with Crippen molar-refractivity contribution in [2.75, 3.05) is 6.54 Å². The monoisotopic (exact) mass is 377 g/mol. The van der Waals surface area contributed by atoms with E-state index in [1.54, 1.807) is 6.20 Å². The van der Waals surface area contributed by atoms with Gasteiger partial charge in [0.2, 0.25) is 0 Å². The number of aromatic nitrogens is 2. The molecule has 5 heteroatoms. The summed E-state index contributed by atoms with van der Waals surface area (Å²) in [6, 6.07) is 16.3. The molecule has 1 N–H and O–H groups in total. The van der Waals surface area contributed by atoms with Gasteiger partial charge in [0.25, 0.3) is 5.91 Å². The largest absolute Gasteiger partial charge is 0.350 e. The molecule has 1 aliphatic rings. The molecule has 1 saturated carbocycles. The number of aryl methyl sites for hydroxylation is 1. The standard InChI is InChI=1S/C22H23N3OS/c1-16-19(27-21(25-16)18-11-5-8-14-23-18)20(26)24-15-22(12-6-7-13-22)17-9-3-2-4-10-17/h2-5,8-11,14H,6-7,12-13,15H2,1H3,(H,24,26). The predicted molar refractivity (Wildman–Crippen MR) is 109 cm³/mol. The minimum atomic E-state index is -0.0330. The van der Waals surface area contributed by atoms with E-state index in [9.17, 15) is 4.79 Å². The highest BCUT2D eigenvalue weighted by Crippen LogP contribution is 2.40. The third kappa shape index (κ3) is 3.65. The summed E-state index contributed by atoms with van der Waals surface area (Å²) in [6.45, 7) is 2.56. The lowest BCUT2D eigenvalue weighted by atomic mass is 9.79. The number of amides is 1. The van der Waals surface area contributed by atoms with Crippen LogP contribution in [-0.4, -0.2) is 22.4 Å². The lowest BCUT2D eigenvalue weighted by molar-refractivity contribution is 0.0946. The van der Waals surface area contributed by atoms with Crippen molar-refractivity contribution in [3.63, 3.8) is 0 Å². The van der Waals surface area contributed by atoms with Gasteiger partial charge in [0.05, 0.1) is 11.4 Å². The zero-order chi connectivity index (χ0) is 18.7. The second kappa shape index (κ2) is 7.61. The summed E-state index contributed by atoms with van der Waals surface area (Å²) in [7, 11) is 0. The first-order chi connectivity index (χ1) is 13.2. The summed E-state index contributed by atoms with van der Waals surface area (Å²) in [5, 5.41) is 3.99. The highest BCUT2D eigenvalue weighted by molar-refractivity contribution is 7.17. The molecule has 0 atom stereocenters. The van der Waals surface area contributed by atoms with Crippen LogP contribution in [0.3, 0.4) is 0 Å². The normalized spacial score (nSPS) is 15.6. The third-order valence-corrected chi connectivity index (χ3v) is 6.60. The predicted octanol–water partition coefficient (Wildman–Crippen LogP) is 4.76. The van der Waals surface area contributed by atoms with E-state index in [1.165, 1.54) is 29.7 Å². The maximum atomic E-state index is 12.9. The number of benzene rings is 1. The van der Waals surface area contributed by atoms with Crippen molar-refractivity contribution in [1.82, 2.24) is 15.3 Å². The molecule has 138 valence electrons. The van der Waals surface area contributed by atoms with Gasteiger partial charge >= 0.3 is 0 Å². The first kappa shape index (κ1) is 17.9. The van der Waals surface area contributed by atoms with Gasteiger partial charge in [-0.25, -0.2) is 4.98 Å². The summed E-state index contributed by atoms with van der Waals surface area (Å²) in [5.41, 5.74) is 2.96. The number of hydrogen-bond donors (Lipinski definition) is 1. The molecule has 3 aromatic rings. The van der Waals surface area contributed by atoms with Crippen molar-refractivity contribution in [3.8, 4) is 10.7 Å². The highest BCUT2D eigenvalue weighted by atomic mass is 32.1. The van der Waals surface area contributed by atoms with Gasteiger partial charge in [0.1, 0.15) is 9.88 Å². The van der Waals surface area contributed by atoms with Crippen molar-refractivity contribution < 1.29 is 4.79 Å². The molecular formula is C22H23N3OS. The van der Waals surface area contributed by atoms with E-state index in [0.29, 0.717) is 11.4 Å². The van der Waals surface area contributed by atoms with Crippen molar-refractivity contribution in [2.24, 2.45) is 0 Å². The number of nitrogens with zero attached hydrogens (tertiary/aromatic N) is 2. The molecule has 1 aromatic carbocycles. The Morgan fingerprint density at radius 2 is 1.85 bits per heavy atom. The summed E-state index contributed by atoms with van der Waals surface area (Å²) in [6.07, 6.45) is 6.42. The lowest BCUT2D eigenvalue weighted by Crippen LogP contribution is -2.39. The number of carbonyl (C=O) groups excluding carboxylic acids is 1. The van der Waals surface area contributed by atoms with Crippen LogP contribution in [0.15, 0.2) is 54.7 Å². The zero-order valence-electron chi connectivity index (χ0n) is 15.4. The van der Waals surface area contributed by atoms with Crippen LogP contribution in [0, 0.1) is 6.92 Å². The number of thiazole rings is 1. The van der Waals surface area contributed by atoms with Crippen LogP contribution in [0.25, 0.3) is 10.7 Å². The Labute approximate surface area is 163 Å². The van der Waals surface area contributed by atoms with E-state index in [0.717, 1.165) is 29.2 Å². The van der Waals surface area contributed by atoms with Crippen molar-refractivity contribution in [1.29, 1.82) is 0 Å². The highest BCUT2D eigenvalue weighted by Gasteiger charge is 2.36. The van der Waals surface area contributed by atoms with E-state index >= 15 is 0 Å². The molecule has 0 spiro atoms. The second-order valence-corrected chi connectivity index (χ2v) is 8.18. The lowest BCUT2D eigenvalue weighted by Gasteiger charge is -2.30. The molecule has 1 amide bonds. The molecule has 0 aliphatic heterocycles. The zero-order valence-corrected chi connectivity index (χ0v) is 16.3. The quantitative estimate of drug-likeness (QED) is 0.698. The molecule has 0 saturated heterocycles. The van der Waals surface area contributed by atoms with Gasteiger partial charge in [-0.15, -0.1) is 11.3 Å². The Morgan fingerprint density at radius 3 is 2.56 bits per heavy atom. The van der Waals surface area contributed by atoms with Gasteiger partial charge in [-0.2, -0.15) is 0 Å². The van der Waals surface area contributed by atoms with Crippen LogP contribution in [0.4, 0.5) is 0 Å². The Morgan fingerprint density at radius 1 is 1.11 bits per heavy atom. The Hall–Kier alpha value is -2.53. The first-order valence-electron chi connectivity index (χ1n) is 9.40. The molecule has 27 heavy (non-hydrogen) atoms. The topological polar surface area (TPSA) is 54.9 Å². The SMILES string of the molecule is Cc1nc(-c2ccccn2)sc1C(=O)NCC1(c2ccccc2)CCCC1. The van der Waals surface area contributed by atoms with E-state index in [4.69, 9.17) is 0 Å². The maximum Gasteiger partial charge on any atom is 0.263 e. The van der Waals surface area contributed by atoms with E-state index < -0.39 is 0 Å². The van der Waals surface area contributed by atoms with Crippen LogP contribution in [0.2, 0.25) is 0 Å². The van der Waals surface area contributed by atoms with Gasteiger partial charge in [0.15, 0.2) is 0 Å². The number of carbonyl (C=O) groups is 1. The fourth-order valence-electron chi connectivity index (χ4n) is 3.95. The van der Waals surface area contributed by atoms with Crippen LogP contribution in [0.1, 0.15) is 46.6 Å². The van der Waals surface area contributed by atoms with E-state index in [1.807, 2.05) is 31.2 Å². The van der Waals surface area contributed by atoms with Gasteiger partial charge in [-0.3, -0.25) is 9.78 Å². The van der Waals surface area contributed by atoms with E-state index in [2.05, 4.69) is 39.6 Å². The molecular weight excluding hydrogens is 354 g/mol. The summed E-state index contributed by atoms with van der Waals surface area (Å²) in [5.74, 6) is -0.0330. The fourth-order valence-corrected chi connectivity index (χ4v) is 4.91. The Kier molecular flexibility index (Phi) is 5.03. The number of hydrogen-bond acceptors (Lipinski definition) is 4. The number of pyridine rings is 1. The van der Waals surface area contributed by atoms with Gasteiger partial charge < -0.3 is 5.32 Å². The van der Waals surface area contributed by atoms with Crippen molar-refractivity contribution in [2.45, 2.75) is 38.0 Å². The van der Waals surface area contributed by atoms with E-state index in [-0.39, 0.29) is 11.3 Å². The molecule has 4 rings (SSSR count). The molecule has 0 radical (unpaired) electrons. The molecule has 1 fully saturated rings. The smallest absolute Gasteiger partial charge is 0.263 e. The Bertz CT molecular complexity index is 915.